The van der Waals surface area contributed by atoms with E-state index in [0.29, 0.717) is 43.0 Å². The second-order valence-electron chi connectivity index (χ2n) is 12.1. The number of carboxylic acids is 1. The predicted molar refractivity (Wildman–Crippen MR) is 164 cm³/mol. The summed E-state index contributed by atoms with van der Waals surface area (Å²) in [6, 6.07) is 7.04. The number of halogens is 3. The maximum atomic E-state index is 14.0. The van der Waals surface area contributed by atoms with E-state index >= 15 is 0 Å². The Morgan fingerprint density at radius 2 is 1.88 bits per heavy atom. The second kappa shape index (κ2) is 11.3. The van der Waals surface area contributed by atoms with Gasteiger partial charge < -0.3 is 33.5 Å². The standard InChI is InChI=1S/C32H28F3N7O6/c1-17-31(14-45-15-31)46-7-6-41(17)22-8-18(19-10-36-16-37-11-19)12-38-28(22)47-20-9-23(29(43)44)42(13-20)27-26-25(39-30(40-27)32(33,34)35)21-4-2-3-5-24(21)48-26/h2-5,8,10-12,16-17,20,23H,6-7,9,13-15H2,1H3,(H,43,44)/t17-,20-,23-/m0/s1. The molecule has 13 nitrogen and oxygen atoms in total. The van der Waals surface area contributed by atoms with Crippen LogP contribution >= 0.6 is 0 Å². The van der Waals surface area contributed by atoms with Gasteiger partial charge in [0.1, 0.15) is 40.9 Å². The molecule has 3 aliphatic heterocycles. The lowest BCUT2D eigenvalue weighted by molar-refractivity contribution is -0.228. The Morgan fingerprint density at radius 3 is 2.60 bits per heavy atom. The Morgan fingerprint density at radius 1 is 1.08 bits per heavy atom. The van der Waals surface area contributed by atoms with Crippen molar-refractivity contribution in [3.63, 3.8) is 0 Å². The van der Waals surface area contributed by atoms with E-state index in [2.05, 4.69) is 29.8 Å². The highest BCUT2D eigenvalue weighted by Crippen LogP contribution is 2.42. The molecule has 0 unspecified atom stereocenters. The van der Waals surface area contributed by atoms with Crippen molar-refractivity contribution >= 4 is 39.5 Å². The van der Waals surface area contributed by atoms with Gasteiger partial charge >= 0.3 is 12.1 Å². The number of para-hydroxylation sites is 1. The fraction of sp³-hybridized carbons (Fsp3) is 0.375. The summed E-state index contributed by atoms with van der Waals surface area (Å²) in [4.78, 5) is 36.5. The number of morpholine rings is 1. The van der Waals surface area contributed by atoms with Crippen molar-refractivity contribution < 1.29 is 41.7 Å². The molecule has 0 saturated carbocycles. The predicted octanol–water partition coefficient (Wildman–Crippen LogP) is 4.35. The van der Waals surface area contributed by atoms with E-state index in [1.165, 1.54) is 11.2 Å². The van der Waals surface area contributed by atoms with Crippen molar-refractivity contribution in [2.75, 3.05) is 42.7 Å². The molecule has 8 rings (SSSR count). The topological polar surface area (TPSA) is 149 Å². The Kier molecular flexibility index (Phi) is 7.10. The maximum Gasteiger partial charge on any atom is 0.451 e. The van der Waals surface area contributed by atoms with Crippen molar-refractivity contribution in [1.82, 2.24) is 24.9 Å². The molecule has 1 spiro atoms. The van der Waals surface area contributed by atoms with Crippen LogP contribution in [0.5, 0.6) is 5.88 Å². The van der Waals surface area contributed by atoms with E-state index in [1.54, 1.807) is 42.9 Å². The summed E-state index contributed by atoms with van der Waals surface area (Å²) in [5.41, 5.74) is 1.81. The molecule has 0 aliphatic carbocycles. The summed E-state index contributed by atoms with van der Waals surface area (Å²) in [7, 11) is 0. The third-order valence-corrected chi connectivity index (χ3v) is 9.23. The molecule has 248 valence electrons. The number of anilines is 2. The summed E-state index contributed by atoms with van der Waals surface area (Å²) in [5, 5.41) is 10.6. The Bertz CT molecular complexity index is 2020. The summed E-state index contributed by atoms with van der Waals surface area (Å²) in [5.74, 6) is -2.68. The van der Waals surface area contributed by atoms with E-state index in [0.717, 1.165) is 11.1 Å². The molecule has 48 heavy (non-hydrogen) atoms. The largest absolute Gasteiger partial charge is 0.480 e. The number of alkyl halides is 3. The van der Waals surface area contributed by atoms with Crippen LogP contribution in [-0.4, -0.2) is 92.7 Å². The molecule has 7 heterocycles. The minimum atomic E-state index is -4.89. The number of aromatic nitrogens is 5. The lowest BCUT2D eigenvalue weighted by Crippen LogP contribution is -2.68. The second-order valence-corrected chi connectivity index (χ2v) is 12.1. The zero-order valence-corrected chi connectivity index (χ0v) is 25.4. The number of pyridine rings is 1. The van der Waals surface area contributed by atoms with E-state index in [9.17, 15) is 23.1 Å². The van der Waals surface area contributed by atoms with Gasteiger partial charge in [0.05, 0.1) is 32.4 Å². The maximum absolute atomic E-state index is 14.0. The number of aliphatic carboxylic acids is 1. The van der Waals surface area contributed by atoms with Gasteiger partial charge in [0.15, 0.2) is 11.4 Å². The lowest BCUT2D eigenvalue weighted by atomic mass is 9.90. The smallest absolute Gasteiger partial charge is 0.451 e. The number of fused-ring (bicyclic) bond motifs is 3. The molecule has 4 aromatic heterocycles. The van der Waals surface area contributed by atoms with Crippen LogP contribution in [-0.2, 0) is 20.4 Å². The third kappa shape index (κ3) is 5.02. The van der Waals surface area contributed by atoms with Crippen LogP contribution < -0.4 is 14.5 Å². The summed E-state index contributed by atoms with van der Waals surface area (Å²) in [6.07, 6.45) is 0.639. The molecule has 16 heteroatoms. The molecule has 1 N–H and O–H groups in total. The first kappa shape index (κ1) is 30.3. The van der Waals surface area contributed by atoms with Crippen molar-refractivity contribution in [1.29, 1.82) is 0 Å². The molecule has 3 fully saturated rings. The van der Waals surface area contributed by atoms with Crippen LogP contribution in [0.15, 0.2) is 59.7 Å². The Hall–Kier alpha value is -5.09. The van der Waals surface area contributed by atoms with Crippen LogP contribution in [0.3, 0.4) is 0 Å². The lowest BCUT2D eigenvalue weighted by Gasteiger charge is -2.53. The zero-order valence-electron chi connectivity index (χ0n) is 25.4. The number of rotatable bonds is 6. The first-order valence-electron chi connectivity index (χ1n) is 15.3. The minimum absolute atomic E-state index is 0.0421. The van der Waals surface area contributed by atoms with E-state index < -0.39 is 35.7 Å². The highest BCUT2D eigenvalue weighted by atomic mass is 19.4. The van der Waals surface area contributed by atoms with Crippen molar-refractivity contribution in [2.24, 2.45) is 0 Å². The van der Waals surface area contributed by atoms with Gasteiger partial charge in [-0.2, -0.15) is 13.2 Å². The summed E-state index contributed by atoms with van der Waals surface area (Å²) >= 11 is 0. The highest BCUT2D eigenvalue weighted by molar-refractivity contribution is 6.06. The summed E-state index contributed by atoms with van der Waals surface area (Å²) < 4.78 is 66.2. The van der Waals surface area contributed by atoms with Gasteiger partial charge in [-0.15, -0.1) is 0 Å². The van der Waals surface area contributed by atoms with Crippen LogP contribution in [0.4, 0.5) is 24.7 Å². The fourth-order valence-electron chi connectivity index (χ4n) is 6.65. The first-order chi connectivity index (χ1) is 23.1. The van der Waals surface area contributed by atoms with Gasteiger partial charge in [-0.05, 0) is 25.1 Å². The zero-order chi connectivity index (χ0) is 33.2. The Labute approximate surface area is 270 Å². The number of benzene rings is 1. The van der Waals surface area contributed by atoms with E-state index in [-0.39, 0.29) is 41.8 Å². The normalized spacial score (nSPS) is 22.4. The third-order valence-electron chi connectivity index (χ3n) is 9.23. The molecule has 0 amide bonds. The number of carbonyl (C=O) groups is 1. The van der Waals surface area contributed by atoms with Gasteiger partial charge in [0.25, 0.3) is 0 Å². The quantitative estimate of drug-likeness (QED) is 0.275. The minimum Gasteiger partial charge on any atom is -0.480 e. The van der Waals surface area contributed by atoms with Gasteiger partial charge in [-0.3, -0.25) is 0 Å². The van der Waals surface area contributed by atoms with Crippen molar-refractivity contribution in [3.8, 4) is 17.0 Å². The van der Waals surface area contributed by atoms with Crippen molar-refractivity contribution in [2.45, 2.75) is 43.3 Å². The van der Waals surface area contributed by atoms with Gasteiger partial charge in [0.2, 0.25) is 11.7 Å². The summed E-state index contributed by atoms with van der Waals surface area (Å²) in [6.45, 7) is 3.76. The van der Waals surface area contributed by atoms with E-state index in [1.807, 2.05) is 13.0 Å². The number of hydrogen-bond donors (Lipinski definition) is 1. The average molecular weight is 664 g/mol. The van der Waals surface area contributed by atoms with Gasteiger partial charge in [-0.1, -0.05) is 12.1 Å². The first-order valence-corrected chi connectivity index (χ1v) is 15.3. The number of nitrogens with zero attached hydrogens (tertiary/aromatic N) is 7. The molecular formula is C32H28F3N7O6. The monoisotopic (exact) mass is 663 g/mol. The molecule has 3 saturated heterocycles. The number of carboxylic acid groups (broad SMARTS) is 1. The fourth-order valence-corrected chi connectivity index (χ4v) is 6.65. The SMILES string of the molecule is C[C@@H]1N(c2cc(-c3cncnc3)cnc2O[C@H]2C[C@@H](C(=O)O)N(c3nc(C(F)(F)F)nc4c3oc3ccccc34)C2)CCOC12COC2. The molecule has 3 aliphatic rings. The molecular weight excluding hydrogens is 635 g/mol. The number of hydrogen-bond acceptors (Lipinski definition) is 12. The number of furan rings is 1. The van der Waals surface area contributed by atoms with Crippen LogP contribution in [0.2, 0.25) is 0 Å². The Balaban J connectivity index is 1.18. The average Bonchev–Trinajstić information content (AvgIpc) is 3.66. The van der Waals surface area contributed by atoms with Crippen molar-refractivity contribution in [3.05, 3.63) is 61.1 Å². The molecule has 1 aromatic carbocycles. The molecule has 5 aromatic rings. The van der Waals surface area contributed by atoms with Crippen LogP contribution in [0, 0.1) is 0 Å². The van der Waals surface area contributed by atoms with E-state index in [4.69, 9.17) is 18.6 Å². The van der Waals surface area contributed by atoms with Crippen LogP contribution in [0.25, 0.3) is 33.2 Å². The van der Waals surface area contributed by atoms with Gasteiger partial charge in [-0.25, -0.2) is 29.7 Å². The molecule has 0 radical (unpaired) electrons. The number of ether oxygens (including phenoxy) is 3. The van der Waals surface area contributed by atoms with Gasteiger partial charge in [0, 0.05) is 48.1 Å². The highest BCUT2D eigenvalue weighted by Gasteiger charge is 2.50. The van der Waals surface area contributed by atoms with Crippen LogP contribution in [0.1, 0.15) is 19.2 Å². The molecule has 3 atom stereocenters. The molecule has 0 bridgehead atoms.